The van der Waals surface area contributed by atoms with E-state index in [0.717, 1.165) is 0 Å². The van der Waals surface area contributed by atoms with Crippen LogP contribution < -0.4 is 9.47 Å². The summed E-state index contributed by atoms with van der Waals surface area (Å²) in [5.41, 5.74) is -0.140. The third-order valence-corrected chi connectivity index (χ3v) is 5.11. The summed E-state index contributed by atoms with van der Waals surface area (Å²) < 4.78 is 16.7. The molecule has 0 fully saturated rings. The highest BCUT2D eigenvalue weighted by atomic mass is 35.5. The number of benzene rings is 1. The molecule has 174 valence electrons. The fourth-order valence-electron chi connectivity index (χ4n) is 3.15. The first-order valence-corrected chi connectivity index (χ1v) is 10.9. The van der Waals surface area contributed by atoms with Crippen molar-refractivity contribution < 1.29 is 28.9 Å². The van der Waals surface area contributed by atoms with Gasteiger partial charge in [0.05, 0.1) is 13.0 Å². The Bertz CT molecular complexity index is 932. The summed E-state index contributed by atoms with van der Waals surface area (Å²) in [5.74, 6) is -1.05. The smallest absolute Gasteiger partial charge is 0.309 e. The second kappa shape index (κ2) is 11.7. The standard InChI is InChI=1S/C24H30ClNO6/c1-14(2)11-21(32-18-8-6-7-17(25)13-18)16(4)31-24(29)15(3)12-19(27)22-23(28)20(30-5)9-10-26-22/h6-10,13-16,21,28H,11-12H2,1-5H3/t15-,16+,21-/m1/s1. The summed E-state index contributed by atoms with van der Waals surface area (Å²) in [4.78, 5) is 29.1. The van der Waals surface area contributed by atoms with Crippen molar-refractivity contribution in [2.75, 3.05) is 7.11 Å². The van der Waals surface area contributed by atoms with Crippen molar-refractivity contribution in [2.45, 2.75) is 52.7 Å². The Morgan fingerprint density at radius 2 is 1.88 bits per heavy atom. The van der Waals surface area contributed by atoms with Crippen LogP contribution in [-0.4, -0.2) is 41.2 Å². The molecule has 0 unspecified atom stereocenters. The number of rotatable bonds is 11. The number of Topliss-reactive ketones (excluding diaryl/α,β-unsaturated/α-hetero) is 1. The third kappa shape index (κ3) is 7.12. The zero-order chi connectivity index (χ0) is 23.8. The molecule has 0 aliphatic rings. The lowest BCUT2D eigenvalue weighted by Crippen LogP contribution is -2.36. The first kappa shape index (κ1) is 25.5. The lowest BCUT2D eigenvalue weighted by molar-refractivity contribution is -0.157. The van der Waals surface area contributed by atoms with E-state index in [9.17, 15) is 14.7 Å². The Morgan fingerprint density at radius 3 is 2.50 bits per heavy atom. The van der Waals surface area contributed by atoms with Gasteiger partial charge in [0.1, 0.15) is 18.0 Å². The van der Waals surface area contributed by atoms with Gasteiger partial charge in [-0.15, -0.1) is 0 Å². The van der Waals surface area contributed by atoms with Crippen LogP contribution in [0.3, 0.4) is 0 Å². The van der Waals surface area contributed by atoms with E-state index in [4.69, 9.17) is 25.8 Å². The van der Waals surface area contributed by atoms with Gasteiger partial charge < -0.3 is 19.3 Å². The molecule has 0 radical (unpaired) electrons. The molecule has 1 heterocycles. The number of pyridine rings is 1. The molecule has 32 heavy (non-hydrogen) atoms. The molecule has 0 saturated heterocycles. The van der Waals surface area contributed by atoms with Gasteiger partial charge in [-0.25, -0.2) is 4.98 Å². The summed E-state index contributed by atoms with van der Waals surface area (Å²) in [5, 5.41) is 10.7. The van der Waals surface area contributed by atoms with Crippen molar-refractivity contribution in [3.05, 3.63) is 47.2 Å². The van der Waals surface area contributed by atoms with Crippen LogP contribution in [0.4, 0.5) is 0 Å². The van der Waals surface area contributed by atoms with E-state index in [1.54, 1.807) is 38.1 Å². The zero-order valence-corrected chi connectivity index (χ0v) is 19.8. The molecule has 0 spiro atoms. The van der Waals surface area contributed by atoms with Crippen LogP contribution in [0, 0.1) is 11.8 Å². The number of halogens is 1. The maximum absolute atomic E-state index is 12.7. The van der Waals surface area contributed by atoms with Crippen LogP contribution in [0.2, 0.25) is 5.02 Å². The second-order valence-electron chi connectivity index (χ2n) is 8.12. The Balaban J connectivity index is 2.03. The minimum atomic E-state index is -0.733. The first-order chi connectivity index (χ1) is 15.1. The molecule has 0 aliphatic carbocycles. The van der Waals surface area contributed by atoms with Gasteiger partial charge in [0, 0.05) is 23.7 Å². The predicted octanol–water partition coefficient (Wildman–Crippen LogP) is 5.08. The number of carbonyl (C=O) groups excluding carboxylic acids is 2. The van der Waals surface area contributed by atoms with E-state index in [1.165, 1.54) is 19.4 Å². The number of carbonyl (C=O) groups is 2. The van der Waals surface area contributed by atoms with Crippen LogP contribution in [0.1, 0.15) is 51.0 Å². The van der Waals surface area contributed by atoms with Gasteiger partial charge in [-0.1, -0.05) is 38.4 Å². The van der Waals surface area contributed by atoms with Crippen molar-refractivity contribution in [3.8, 4) is 17.2 Å². The van der Waals surface area contributed by atoms with Gasteiger partial charge in [0.25, 0.3) is 0 Å². The van der Waals surface area contributed by atoms with Crippen molar-refractivity contribution >= 4 is 23.4 Å². The van der Waals surface area contributed by atoms with Gasteiger partial charge in [-0.2, -0.15) is 0 Å². The molecule has 2 rings (SSSR count). The van der Waals surface area contributed by atoms with Crippen LogP contribution in [0.15, 0.2) is 36.5 Å². The lowest BCUT2D eigenvalue weighted by atomic mass is 10.0. The van der Waals surface area contributed by atoms with Crippen LogP contribution in [0.25, 0.3) is 0 Å². The van der Waals surface area contributed by atoms with Crippen molar-refractivity contribution in [1.29, 1.82) is 0 Å². The van der Waals surface area contributed by atoms with Crippen LogP contribution in [-0.2, 0) is 9.53 Å². The topological polar surface area (TPSA) is 95.0 Å². The van der Waals surface area contributed by atoms with Gasteiger partial charge in [-0.3, -0.25) is 9.59 Å². The Kier molecular flexibility index (Phi) is 9.32. The van der Waals surface area contributed by atoms with Crippen molar-refractivity contribution in [3.63, 3.8) is 0 Å². The number of aromatic hydroxyl groups is 1. The largest absolute Gasteiger partial charge is 0.503 e. The average Bonchev–Trinajstić information content (AvgIpc) is 2.72. The number of methoxy groups -OCH3 is 1. The van der Waals surface area contributed by atoms with Crippen LogP contribution >= 0.6 is 11.6 Å². The molecule has 2 aromatic rings. The molecule has 1 N–H and O–H groups in total. The van der Waals surface area contributed by atoms with Crippen LogP contribution in [0.5, 0.6) is 17.2 Å². The summed E-state index contributed by atoms with van der Waals surface area (Å²) in [6, 6.07) is 8.49. The molecule has 0 saturated carbocycles. The fourth-order valence-corrected chi connectivity index (χ4v) is 3.33. The van der Waals surface area contributed by atoms with Gasteiger partial charge >= 0.3 is 5.97 Å². The summed E-state index contributed by atoms with van der Waals surface area (Å²) in [7, 11) is 1.38. The van der Waals surface area contributed by atoms with Gasteiger partial charge in [0.15, 0.2) is 23.0 Å². The quantitative estimate of drug-likeness (QED) is 0.366. The monoisotopic (exact) mass is 463 g/mol. The SMILES string of the molecule is COc1ccnc(C(=O)C[C@@H](C)C(=O)O[C@@H](C)[C@@H](CC(C)C)Oc2cccc(Cl)c2)c1O. The molecular weight excluding hydrogens is 434 g/mol. The molecule has 1 aromatic carbocycles. The maximum atomic E-state index is 12.7. The van der Waals surface area contributed by atoms with E-state index in [1.807, 2.05) is 0 Å². The Hall–Kier alpha value is -2.80. The molecule has 0 bridgehead atoms. The first-order valence-electron chi connectivity index (χ1n) is 10.5. The number of ether oxygens (including phenoxy) is 3. The molecule has 3 atom stereocenters. The molecule has 0 amide bonds. The van der Waals surface area contributed by atoms with Gasteiger partial charge in [0.2, 0.25) is 0 Å². The minimum absolute atomic E-state index is 0.140. The highest BCUT2D eigenvalue weighted by molar-refractivity contribution is 6.30. The zero-order valence-electron chi connectivity index (χ0n) is 19.0. The number of hydrogen-bond acceptors (Lipinski definition) is 7. The fraction of sp³-hybridized carbons (Fsp3) is 0.458. The number of nitrogens with zero attached hydrogens (tertiary/aromatic N) is 1. The summed E-state index contributed by atoms with van der Waals surface area (Å²) in [6.45, 7) is 7.47. The van der Waals surface area contributed by atoms with E-state index in [2.05, 4.69) is 18.8 Å². The number of ketones is 1. The van der Waals surface area contributed by atoms with Crippen molar-refractivity contribution in [2.24, 2.45) is 11.8 Å². The number of hydrogen-bond donors (Lipinski definition) is 1. The average molecular weight is 464 g/mol. The maximum Gasteiger partial charge on any atom is 0.309 e. The van der Waals surface area contributed by atoms with E-state index in [-0.39, 0.29) is 29.7 Å². The van der Waals surface area contributed by atoms with E-state index < -0.39 is 23.8 Å². The summed E-state index contributed by atoms with van der Waals surface area (Å²) in [6.07, 6.45) is 0.925. The van der Waals surface area contributed by atoms with E-state index >= 15 is 0 Å². The molecule has 0 aliphatic heterocycles. The minimum Gasteiger partial charge on any atom is -0.503 e. The normalized spacial score (nSPS) is 13.8. The molecule has 1 aromatic heterocycles. The molecular formula is C24H30ClNO6. The highest BCUT2D eigenvalue weighted by Crippen LogP contribution is 2.29. The van der Waals surface area contributed by atoms with Gasteiger partial charge in [-0.05, 0) is 37.5 Å². The summed E-state index contributed by atoms with van der Waals surface area (Å²) >= 11 is 6.04. The third-order valence-electron chi connectivity index (χ3n) is 4.88. The lowest BCUT2D eigenvalue weighted by Gasteiger charge is -2.27. The second-order valence-corrected chi connectivity index (χ2v) is 8.56. The van der Waals surface area contributed by atoms with E-state index in [0.29, 0.717) is 23.1 Å². The highest BCUT2D eigenvalue weighted by Gasteiger charge is 2.28. The van der Waals surface area contributed by atoms with Crippen molar-refractivity contribution in [1.82, 2.24) is 4.98 Å². The number of aromatic nitrogens is 1. The Labute approximate surface area is 193 Å². The molecule has 7 nitrogen and oxygen atoms in total. The number of esters is 1. The predicted molar refractivity (Wildman–Crippen MR) is 121 cm³/mol. The Morgan fingerprint density at radius 1 is 1.16 bits per heavy atom. The molecule has 8 heteroatoms.